The van der Waals surface area contributed by atoms with Crippen molar-refractivity contribution in [3.05, 3.63) is 35.9 Å². The van der Waals surface area contributed by atoms with Gasteiger partial charge in [0.2, 0.25) is 6.35 Å². The van der Waals surface area contributed by atoms with Crippen LogP contribution >= 0.6 is 0 Å². The number of nitrogens with zero attached hydrogens (tertiary/aromatic N) is 3. The summed E-state index contributed by atoms with van der Waals surface area (Å²) in [5.74, 6) is 0.784. The minimum absolute atomic E-state index is 0.176. The molecule has 0 radical (unpaired) electrons. The third-order valence-electron chi connectivity index (χ3n) is 3.12. The first-order valence-electron chi connectivity index (χ1n) is 6.15. The summed E-state index contributed by atoms with van der Waals surface area (Å²) in [5.41, 5.74) is 7.41. The fraction of sp³-hybridized carbons (Fsp3) is 0.231. The van der Waals surface area contributed by atoms with Crippen molar-refractivity contribution in [1.82, 2.24) is 9.97 Å². The van der Waals surface area contributed by atoms with Crippen molar-refractivity contribution in [1.29, 1.82) is 0 Å². The van der Waals surface area contributed by atoms with E-state index in [1.165, 1.54) is 7.11 Å². The summed E-state index contributed by atoms with van der Waals surface area (Å²) in [5, 5.41) is 13.0. The maximum Gasteiger partial charge on any atom is 0.320 e. The van der Waals surface area contributed by atoms with Gasteiger partial charge in [-0.15, -0.1) is 0 Å². The molecule has 4 N–H and O–H groups in total. The highest BCUT2D eigenvalue weighted by molar-refractivity contribution is 5.81. The van der Waals surface area contributed by atoms with Gasteiger partial charge in [0.25, 0.3) is 0 Å². The van der Waals surface area contributed by atoms with Gasteiger partial charge in [0.1, 0.15) is 5.69 Å². The van der Waals surface area contributed by atoms with E-state index in [9.17, 15) is 5.11 Å². The normalized spacial score (nSPS) is 16.7. The molecule has 3 rings (SSSR count). The molecule has 1 unspecified atom stereocenters. The summed E-state index contributed by atoms with van der Waals surface area (Å²) in [6, 6.07) is 9.97. The molecule has 1 aliphatic rings. The summed E-state index contributed by atoms with van der Waals surface area (Å²) in [4.78, 5) is 9.93. The lowest BCUT2D eigenvalue weighted by molar-refractivity contribution is 0.201. The molecule has 0 bridgehead atoms. The molecular weight excluding hydrogens is 258 g/mol. The number of benzene rings is 1. The van der Waals surface area contributed by atoms with Crippen LogP contribution in [0.5, 0.6) is 6.01 Å². The highest BCUT2D eigenvalue weighted by Gasteiger charge is 2.31. The van der Waals surface area contributed by atoms with Crippen molar-refractivity contribution < 1.29 is 9.84 Å². The first-order valence-corrected chi connectivity index (χ1v) is 6.15. The third kappa shape index (κ3) is 2.08. The van der Waals surface area contributed by atoms with Crippen LogP contribution in [0.25, 0.3) is 0 Å². The molecule has 20 heavy (non-hydrogen) atoms. The Morgan fingerprint density at radius 1 is 1.35 bits per heavy atom. The number of rotatable bonds is 3. The number of hydrogen-bond donors (Lipinski definition) is 3. The lowest BCUT2D eigenvalue weighted by atomic mass is 10.2. The van der Waals surface area contributed by atoms with Gasteiger partial charge in [-0.1, -0.05) is 30.3 Å². The fourth-order valence-corrected chi connectivity index (χ4v) is 2.15. The van der Waals surface area contributed by atoms with Crippen LogP contribution in [-0.2, 0) is 6.54 Å². The van der Waals surface area contributed by atoms with Gasteiger partial charge >= 0.3 is 6.01 Å². The second kappa shape index (κ2) is 4.86. The monoisotopic (exact) mass is 273 g/mol. The number of anilines is 3. The first kappa shape index (κ1) is 12.5. The predicted molar refractivity (Wildman–Crippen MR) is 75.3 cm³/mol. The molecule has 7 nitrogen and oxygen atoms in total. The minimum Gasteiger partial charge on any atom is -0.467 e. The van der Waals surface area contributed by atoms with Gasteiger partial charge in [-0.2, -0.15) is 9.97 Å². The molecular formula is C13H15N5O2. The summed E-state index contributed by atoms with van der Waals surface area (Å²) in [7, 11) is 1.47. The zero-order valence-corrected chi connectivity index (χ0v) is 10.9. The molecule has 104 valence electrons. The van der Waals surface area contributed by atoms with Crippen LogP contribution in [0.2, 0.25) is 0 Å². The summed E-state index contributed by atoms with van der Waals surface area (Å²) in [6.07, 6.45) is -0.895. The SMILES string of the molecule is COc1nc(N)c2c(n1)N(Cc1ccccc1)C(O)N2. The summed E-state index contributed by atoms with van der Waals surface area (Å²) >= 11 is 0. The third-order valence-corrected chi connectivity index (χ3v) is 3.12. The molecule has 2 aromatic rings. The zero-order valence-electron chi connectivity index (χ0n) is 10.9. The van der Waals surface area contributed by atoms with Crippen LogP contribution < -0.4 is 20.7 Å². The topological polar surface area (TPSA) is 96.5 Å². The van der Waals surface area contributed by atoms with Crippen molar-refractivity contribution in [2.24, 2.45) is 0 Å². The number of aliphatic hydroxyl groups excluding tert-OH is 1. The number of aromatic nitrogens is 2. The van der Waals surface area contributed by atoms with Gasteiger partial charge in [0, 0.05) is 6.54 Å². The van der Waals surface area contributed by atoms with E-state index in [2.05, 4.69) is 15.3 Å². The number of nitrogen functional groups attached to an aromatic ring is 1. The highest BCUT2D eigenvalue weighted by Crippen LogP contribution is 2.37. The van der Waals surface area contributed by atoms with Crippen LogP contribution in [0.1, 0.15) is 5.56 Å². The molecule has 0 aliphatic carbocycles. The number of hydrogen-bond acceptors (Lipinski definition) is 7. The molecule has 0 amide bonds. The second-order valence-electron chi connectivity index (χ2n) is 4.43. The number of fused-ring (bicyclic) bond motifs is 1. The van der Waals surface area contributed by atoms with Crippen molar-refractivity contribution in [2.75, 3.05) is 23.1 Å². The van der Waals surface area contributed by atoms with Crippen LogP contribution in [0.3, 0.4) is 0 Å². The average molecular weight is 273 g/mol. The Morgan fingerprint density at radius 2 is 2.10 bits per heavy atom. The fourth-order valence-electron chi connectivity index (χ4n) is 2.15. The molecule has 7 heteroatoms. The molecule has 2 heterocycles. The van der Waals surface area contributed by atoms with Gasteiger partial charge in [-0.25, -0.2) is 0 Å². The van der Waals surface area contributed by atoms with E-state index in [1.807, 2.05) is 30.3 Å². The molecule has 0 saturated carbocycles. The Morgan fingerprint density at radius 3 is 2.80 bits per heavy atom. The molecule has 1 aliphatic heterocycles. The Kier molecular flexibility index (Phi) is 3.03. The van der Waals surface area contributed by atoms with Crippen molar-refractivity contribution in [3.8, 4) is 6.01 Å². The van der Waals surface area contributed by atoms with E-state index < -0.39 is 6.35 Å². The average Bonchev–Trinajstić information content (AvgIpc) is 2.77. The van der Waals surface area contributed by atoms with E-state index in [0.29, 0.717) is 18.1 Å². The van der Waals surface area contributed by atoms with E-state index >= 15 is 0 Å². The summed E-state index contributed by atoms with van der Waals surface area (Å²) < 4.78 is 5.02. The number of nitrogens with two attached hydrogens (primary N) is 1. The number of methoxy groups -OCH3 is 1. The van der Waals surface area contributed by atoms with Crippen LogP contribution in [0.15, 0.2) is 30.3 Å². The Labute approximate surface area is 116 Å². The van der Waals surface area contributed by atoms with Crippen LogP contribution in [-0.4, -0.2) is 28.5 Å². The molecule has 0 saturated heterocycles. The first-order chi connectivity index (χ1) is 9.69. The molecule has 0 spiro atoms. The minimum atomic E-state index is -0.895. The standard InChI is InChI=1S/C13H15N5O2/c1-20-12-16-10(14)9-11(17-12)18(13(19)15-9)7-8-5-3-2-4-6-8/h2-6,13,15,19H,7H2,1H3,(H2,14,16,17). The maximum atomic E-state index is 10.1. The Bertz CT molecular complexity index is 620. The van der Waals surface area contributed by atoms with Crippen molar-refractivity contribution >= 4 is 17.3 Å². The predicted octanol–water partition coefficient (Wildman–Crippen LogP) is 0.775. The number of ether oxygens (including phenoxy) is 1. The molecule has 1 aromatic heterocycles. The smallest absolute Gasteiger partial charge is 0.320 e. The Balaban J connectivity index is 1.96. The van der Waals surface area contributed by atoms with Crippen molar-refractivity contribution in [3.63, 3.8) is 0 Å². The van der Waals surface area contributed by atoms with E-state index in [1.54, 1.807) is 4.90 Å². The zero-order chi connectivity index (χ0) is 14.1. The maximum absolute atomic E-state index is 10.1. The lowest BCUT2D eigenvalue weighted by Crippen LogP contribution is -2.35. The quantitative estimate of drug-likeness (QED) is 0.760. The lowest BCUT2D eigenvalue weighted by Gasteiger charge is -2.21. The van der Waals surface area contributed by atoms with Gasteiger partial charge in [-0.05, 0) is 5.56 Å². The van der Waals surface area contributed by atoms with Crippen LogP contribution in [0.4, 0.5) is 17.3 Å². The largest absolute Gasteiger partial charge is 0.467 e. The summed E-state index contributed by atoms with van der Waals surface area (Å²) in [6.45, 7) is 0.502. The van der Waals surface area contributed by atoms with E-state index in [4.69, 9.17) is 10.5 Å². The van der Waals surface area contributed by atoms with Crippen LogP contribution in [0, 0.1) is 0 Å². The van der Waals surface area contributed by atoms with E-state index in [0.717, 1.165) is 5.56 Å². The number of aliphatic hydroxyl groups is 1. The van der Waals surface area contributed by atoms with Gasteiger partial charge in [0.05, 0.1) is 7.11 Å². The molecule has 1 atom stereocenters. The van der Waals surface area contributed by atoms with Gasteiger partial charge < -0.3 is 25.8 Å². The number of nitrogens with one attached hydrogen (secondary N) is 1. The van der Waals surface area contributed by atoms with E-state index in [-0.39, 0.29) is 11.8 Å². The second-order valence-corrected chi connectivity index (χ2v) is 4.43. The molecule has 1 aromatic carbocycles. The van der Waals surface area contributed by atoms with Crippen molar-refractivity contribution in [2.45, 2.75) is 12.9 Å². The highest BCUT2D eigenvalue weighted by atomic mass is 16.5. The molecule has 0 fully saturated rings. The van der Waals surface area contributed by atoms with Gasteiger partial charge in [-0.3, -0.25) is 0 Å². The Hall–Kier alpha value is -2.54. The van der Waals surface area contributed by atoms with Gasteiger partial charge in [0.15, 0.2) is 11.6 Å².